The number of hydrogen-bond acceptors (Lipinski definition) is 3. The number of benzene rings is 1. The van der Waals surface area contributed by atoms with E-state index in [-0.39, 0.29) is 17.8 Å². The Labute approximate surface area is 124 Å². The van der Waals surface area contributed by atoms with Crippen LogP contribution >= 0.6 is 0 Å². The first kappa shape index (κ1) is 14.5. The van der Waals surface area contributed by atoms with Crippen molar-refractivity contribution in [3.63, 3.8) is 0 Å². The van der Waals surface area contributed by atoms with E-state index >= 15 is 0 Å². The van der Waals surface area contributed by atoms with Crippen molar-refractivity contribution >= 4 is 5.91 Å². The minimum atomic E-state index is -0.350. The van der Waals surface area contributed by atoms with Crippen LogP contribution in [-0.4, -0.2) is 49.2 Å². The molecule has 0 radical (unpaired) electrons. The van der Waals surface area contributed by atoms with Crippen molar-refractivity contribution in [1.82, 2.24) is 10.2 Å². The summed E-state index contributed by atoms with van der Waals surface area (Å²) in [4.78, 5) is 14.5. The van der Waals surface area contributed by atoms with E-state index in [1.165, 1.54) is 18.9 Å². The largest absolute Gasteiger partial charge is 0.373 e. The summed E-state index contributed by atoms with van der Waals surface area (Å²) in [5.41, 5.74) is 0.898. The highest BCUT2D eigenvalue weighted by atomic mass is 19.1. The maximum absolute atomic E-state index is 13.5. The van der Waals surface area contributed by atoms with Crippen LogP contribution in [0.25, 0.3) is 0 Å². The number of nitrogens with zero attached hydrogens (tertiary/aromatic N) is 1. The molecule has 1 amide bonds. The van der Waals surface area contributed by atoms with Crippen LogP contribution in [0.15, 0.2) is 18.2 Å². The number of nitrogens with one attached hydrogen (secondary N) is 1. The Balaban J connectivity index is 1.52. The van der Waals surface area contributed by atoms with Gasteiger partial charge in [0.1, 0.15) is 5.82 Å². The number of halogens is 1. The predicted molar refractivity (Wildman–Crippen MR) is 77.8 cm³/mol. The lowest BCUT2D eigenvalue weighted by Gasteiger charge is -2.35. The summed E-state index contributed by atoms with van der Waals surface area (Å²) in [6.45, 7) is 4.89. The zero-order valence-electron chi connectivity index (χ0n) is 12.3. The van der Waals surface area contributed by atoms with Gasteiger partial charge in [-0.2, -0.15) is 0 Å². The molecular formula is C16H21FN2O2. The molecule has 114 valence electrons. The molecule has 0 aromatic heterocycles. The average Bonchev–Trinajstić information content (AvgIpc) is 2.95. The first-order valence-electron chi connectivity index (χ1n) is 7.53. The molecule has 1 aromatic carbocycles. The summed E-state index contributed by atoms with van der Waals surface area (Å²) >= 11 is 0. The highest BCUT2D eigenvalue weighted by Crippen LogP contribution is 2.22. The second-order valence-corrected chi connectivity index (χ2v) is 5.92. The number of fused-ring (bicyclic) bond motifs is 1. The highest BCUT2D eigenvalue weighted by molar-refractivity contribution is 5.94. The van der Waals surface area contributed by atoms with Crippen LogP contribution in [0.2, 0.25) is 0 Å². The maximum atomic E-state index is 13.5. The van der Waals surface area contributed by atoms with Gasteiger partial charge in [0.25, 0.3) is 5.91 Å². The third-order valence-corrected chi connectivity index (χ3v) is 4.39. The van der Waals surface area contributed by atoms with Crippen molar-refractivity contribution in [3.05, 3.63) is 35.1 Å². The van der Waals surface area contributed by atoms with Crippen molar-refractivity contribution in [3.8, 4) is 0 Å². The number of hydrogen-bond donors (Lipinski definition) is 1. The second kappa shape index (κ2) is 6.12. The van der Waals surface area contributed by atoms with Crippen molar-refractivity contribution in [2.75, 3.05) is 26.2 Å². The van der Waals surface area contributed by atoms with Crippen molar-refractivity contribution in [2.45, 2.75) is 31.9 Å². The van der Waals surface area contributed by atoms with E-state index in [1.54, 1.807) is 19.1 Å². The van der Waals surface area contributed by atoms with E-state index in [9.17, 15) is 9.18 Å². The van der Waals surface area contributed by atoms with Gasteiger partial charge >= 0.3 is 0 Å². The van der Waals surface area contributed by atoms with Crippen molar-refractivity contribution in [2.24, 2.45) is 0 Å². The average molecular weight is 292 g/mol. The lowest BCUT2D eigenvalue weighted by molar-refractivity contribution is -0.0461. The molecule has 0 spiro atoms. The molecular weight excluding hydrogens is 271 g/mol. The summed E-state index contributed by atoms with van der Waals surface area (Å²) in [6.07, 6.45) is 2.47. The Kier molecular flexibility index (Phi) is 4.22. The summed E-state index contributed by atoms with van der Waals surface area (Å²) in [5.74, 6) is -0.600. The third kappa shape index (κ3) is 3.24. The smallest absolute Gasteiger partial charge is 0.251 e. The van der Waals surface area contributed by atoms with Crippen LogP contribution < -0.4 is 5.32 Å². The minimum absolute atomic E-state index is 0.0265. The molecule has 2 heterocycles. The fourth-order valence-electron chi connectivity index (χ4n) is 3.05. The lowest BCUT2D eigenvalue weighted by atomic mass is 10.1. The number of rotatable bonds is 3. The molecule has 0 aliphatic carbocycles. The van der Waals surface area contributed by atoms with Gasteiger partial charge in [-0.3, -0.25) is 9.69 Å². The third-order valence-electron chi connectivity index (χ3n) is 4.39. The Hall–Kier alpha value is -1.46. The fraction of sp³-hybridized carbons (Fsp3) is 0.562. The molecule has 4 nitrogen and oxygen atoms in total. The molecule has 2 atom stereocenters. The molecule has 21 heavy (non-hydrogen) atoms. The van der Waals surface area contributed by atoms with Gasteiger partial charge in [0.2, 0.25) is 0 Å². The quantitative estimate of drug-likeness (QED) is 0.922. The molecule has 1 aromatic rings. The predicted octanol–water partition coefficient (Wildman–Crippen LogP) is 1.73. The van der Waals surface area contributed by atoms with Crippen LogP contribution in [0, 0.1) is 12.7 Å². The van der Waals surface area contributed by atoms with Gasteiger partial charge in [-0.25, -0.2) is 4.39 Å². The maximum Gasteiger partial charge on any atom is 0.251 e. The van der Waals surface area contributed by atoms with Crippen LogP contribution in [0.5, 0.6) is 0 Å². The number of morpholine rings is 1. The molecule has 2 aliphatic rings. The Morgan fingerprint density at radius 3 is 3.19 bits per heavy atom. The molecule has 0 saturated carbocycles. The number of ether oxygens (including phenoxy) is 1. The Morgan fingerprint density at radius 2 is 2.38 bits per heavy atom. The van der Waals surface area contributed by atoms with Gasteiger partial charge in [0.05, 0.1) is 12.7 Å². The monoisotopic (exact) mass is 292 g/mol. The van der Waals surface area contributed by atoms with Crippen LogP contribution in [0.3, 0.4) is 0 Å². The van der Waals surface area contributed by atoms with E-state index in [1.807, 2.05) is 0 Å². The highest BCUT2D eigenvalue weighted by Gasteiger charge is 2.32. The van der Waals surface area contributed by atoms with Gasteiger partial charge in [-0.1, -0.05) is 6.07 Å². The van der Waals surface area contributed by atoms with Gasteiger partial charge in [-0.05, 0) is 44.0 Å². The lowest BCUT2D eigenvalue weighted by Crippen LogP contribution is -2.50. The van der Waals surface area contributed by atoms with Crippen molar-refractivity contribution < 1.29 is 13.9 Å². The van der Waals surface area contributed by atoms with E-state index in [0.717, 1.165) is 19.7 Å². The molecule has 0 bridgehead atoms. The van der Waals surface area contributed by atoms with Gasteiger partial charge in [-0.15, -0.1) is 0 Å². The van der Waals surface area contributed by atoms with E-state index in [4.69, 9.17) is 4.74 Å². The normalized spacial score (nSPS) is 25.6. The van der Waals surface area contributed by atoms with Crippen LogP contribution in [0.4, 0.5) is 4.39 Å². The van der Waals surface area contributed by atoms with E-state index in [0.29, 0.717) is 23.7 Å². The molecule has 2 aliphatic heterocycles. The summed E-state index contributed by atoms with van der Waals surface area (Å²) in [7, 11) is 0. The zero-order valence-corrected chi connectivity index (χ0v) is 12.3. The van der Waals surface area contributed by atoms with Gasteiger partial charge < -0.3 is 10.1 Å². The molecule has 0 unspecified atom stereocenters. The SMILES string of the molecule is Cc1ccc(C(=O)NC[C@H]2CN3CCC[C@@H]3CO2)cc1F. The Morgan fingerprint density at radius 1 is 1.52 bits per heavy atom. The molecule has 5 heteroatoms. The van der Waals surface area contributed by atoms with Gasteiger partial charge in [0.15, 0.2) is 0 Å². The van der Waals surface area contributed by atoms with Crippen LogP contribution in [-0.2, 0) is 4.74 Å². The standard InChI is InChI=1S/C16H21FN2O2/c1-11-4-5-12(7-15(11)17)16(20)18-8-14-9-19-6-2-3-13(19)10-21-14/h4-5,7,13-14H,2-3,6,8-10H2,1H3,(H,18,20)/t13-,14+/m1/s1. The van der Waals surface area contributed by atoms with E-state index in [2.05, 4.69) is 10.2 Å². The minimum Gasteiger partial charge on any atom is -0.373 e. The first-order valence-corrected chi connectivity index (χ1v) is 7.53. The number of aryl methyl sites for hydroxylation is 1. The molecule has 1 N–H and O–H groups in total. The summed E-state index contributed by atoms with van der Waals surface area (Å²) < 4.78 is 19.3. The van der Waals surface area contributed by atoms with E-state index < -0.39 is 0 Å². The number of carbonyl (C=O) groups excluding carboxylic acids is 1. The summed E-state index contributed by atoms with van der Waals surface area (Å²) in [6, 6.07) is 5.11. The van der Waals surface area contributed by atoms with Gasteiger partial charge in [0, 0.05) is 24.7 Å². The molecule has 2 fully saturated rings. The first-order chi connectivity index (χ1) is 10.1. The van der Waals surface area contributed by atoms with Crippen LogP contribution in [0.1, 0.15) is 28.8 Å². The second-order valence-electron chi connectivity index (χ2n) is 5.92. The molecule has 2 saturated heterocycles. The summed E-state index contributed by atoms with van der Waals surface area (Å²) in [5, 5.41) is 2.84. The van der Waals surface area contributed by atoms with Crippen molar-refractivity contribution in [1.29, 1.82) is 0 Å². The molecule has 3 rings (SSSR count). The zero-order chi connectivity index (χ0) is 14.8. The number of amides is 1. The number of carbonyl (C=O) groups is 1. The fourth-order valence-corrected chi connectivity index (χ4v) is 3.05. The Bertz CT molecular complexity index is 535. The topological polar surface area (TPSA) is 41.6 Å².